The van der Waals surface area contributed by atoms with Gasteiger partial charge in [0, 0.05) is 5.69 Å². The van der Waals surface area contributed by atoms with Crippen LogP contribution in [0.4, 0.5) is 21.0 Å². The quantitative estimate of drug-likeness (QED) is 0.707. The van der Waals surface area contributed by atoms with E-state index in [0.717, 1.165) is 11.3 Å². The molecule has 1 heterocycles. The molecule has 2 aromatic rings. The molecular weight excluding hydrogens is 346 g/mol. The summed E-state index contributed by atoms with van der Waals surface area (Å²) in [6.07, 6.45) is -0.366. The normalized spacial score (nSPS) is 14.1. The van der Waals surface area contributed by atoms with E-state index in [1.807, 2.05) is 37.3 Å². The van der Waals surface area contributed by atoms with Crippen LogP contribution >= 0.6 is 0 Å². The first-order valence-electron chi connectivity index (χ1n) is 8.44. The number of ether oxygens (including phenoxy) is 1. The number of benzene rings is 2. The number of hydrazine groups is 1. The number of hydrogen-bond acceptors (Lipinski definition) is 5. The molecule has 1 unspecified atom stereocenters. The largest absolute Gasteiger partial charge is 0.447 e. The Bertz CT molecular complexity index is 893. The summed E-state index contributed by atoms with van der Waals surface area (Å²) in [7, 11) is 0. The smallest absolute Gasteiger partial charge is 0.414 e. The molecule has 8 heteroatoms. The van der Waals surface area contributed by atoms with E-state index in [9.17, 15) is 9.59 Å². The highest BCUT2D eigenvalue weighted by molar-refractivity contribution is 5.89. The van der Waals surface area contributed by atoms with Crippen molar-refractivity contribution in [2.24, 2.45) is 0 Å². The molecule has 138 valence electrons. The summed E-state index contributed by atoms with van der Waals surface area (Å²) in [5.41, 5.74) is 7.97. The summed E-state index contributed by atoms with van der Waals surface area (Å²) in [4.78, 5) is 25.4. The van der Waals surface area contributed by atoms with Crippen LogP contribution in [0.2, 0.25) is 0 Å². The molecule has 0 spiro atoms. The van der Waals surface area contributed by atoms with Crippen LogP contribution in [0.15, 0.2) is 48.5 Å². The van der Waals surface area contributed by atoms with Crippen LogP contribution < -0.4 is 21.1 Å². The van der Waals surface area contributed by atoms with Crippen molar-refractivity contribution in [1.82, 2.24) is 10.7 Å². The number of carbonyl (C=O) groups excluding carboxylic acids is 2. The van der Waals surface area contributed by atoms with E-state index in [0.29, 0.717) is 24.4 Å². The molecule has 1 saturated heterocycles. The van der Waals surface area contributed by atoms with Gasteiger partial charge < -0.3 is 10.1 Å². The maximum atomic E-state index is 12.1. The number of nitrogens with one attached hydrogen (secondary N) is 3. The minimum absolute atomic E-state index is 0.282. The van der Waals surface area contributed by atoms with Gasteiger partial charge in [0.2, 0.25) is 0 Å². The number of rotatable bonds is 5. The number of anilines is 2. The molecule has 0 aromatic heterocycles. The zero-order valence-corrected chi connectivity index (χ0v) is 14.7. The molecule has 1 aliphatic rings. The third kappa shape index (κ3) is 4.46. The zero-order valence-electron chi connectivity index (χ0n) is 14.7. The summed E-state index contributed by atoms with van der Waals surface area (Å²) < 4.78 is 4.95. The first-order valence-corrected chi connectivity index (χ1v) is 8.44. The van der Waals surface area contributed by atoms with Crippen molar-refractivity contribution in [1.29, 1.82) is 5.26 Å². The second kappa shape index (κ2) is 8.10. The lowest BCUT2D eigenvalue weighted by molar-refractivity contribution is 0.181. The second-order valence-electron chi connectivity index (χ2n) is 6.00. The van der Waals surface area contributed by atoms with E-state index < -0.39 is 6.03 Å². The van der Waals surface area contributed by atoms with Crippen LogP contribution in [-0.2, 0) is 4.74 Å². The van der Waals surface area contributed by atoms with Crippen LogP contribution in [0.5, 0.6) is 0 Å². The summed E-state index contributed by atoms with van der Waals surface area (Å²) in [5.74, 6) is 0. The highest BCUT2D eigenvalue weighted by Crippen LogP contribution is 2.23. The Labute approximate surface area is 156 Å². The van der Waals surface area contributed by atoms with Gasteiger partial charge in [0.25, 0.3) is 0 Å². The fraction of sp³-hybridized carbons (Fsp3) is 0.211. The van der Waals surface area contributed by atoms with E-state index in [-0.39, 0.29) is 12.1 Å². The summed E-state index contributed by atoms with van der Waals surface area (Å²) >= 11 is 0. The predicted octanol–water partition coefficient (Wildman–Crippen LogP) is 2.90. The van der Waals surface area contributed by atoms with Crippen molar-refractivity contribution in [3.8, 4) is 6.07 Å². The third-order valence-electron chi connectivity index (χ3n) is 4.10. The third-order valence-corrected chi connectivity index (χ3v) is 4.10. The lowest BCUT2D eigenvalue weighted by atomic mass is 10.1. The van der Waals surface area contributed by atoms with Crippen molar-refractivity contribution in [3.63, 3.8) is 0 Å². The van der Waals surface area contributed by atoms with Gasteiger partial charge >= 0.3 is 12.1 Å². The fourth-order valence-electron chi connectivity index (χ4n) is 2.70. The molecule has 2 aromatic carbocycles. The number of nitrogens with zero attached hydrogens (tertiary/aromatic N) is 2. The highest BCUT2D eigenvalue weighted by atomic mass is 16.6. The van der Waals surface area contributed by atoms with Gasteiger partial charge in [-0.2, -0.15) is 5.26 Å². The highest BCUT2D eigenvalue weighted by Gasteiger charge is 2.24. The Morgan fingerprint density at radius 1 is 1.26 bits per heavy atom. The number of cyclic esters (lactones) is 1. The van der Waals surface area contributed by atoms with Crippen molar-refractivity contribution in [2.75, 3.05) is 23.5 Å². The van der Waals surface area contributed by atoms with E-state index >= 15 is 0 Å². The molecule has 1 aliphatic heterocycles. The monoisotopic (exact) mass is 365 g/mol. The first-order chi connectivity index (χ1) is 13.1. The molecule has 0 saturated carbocycles. The number of urea groups is 1. The Morgan fingerprint density at radius 2 is 2.07 bits per heavy atom. The topological polar surface area (TPSA) is 106 Å². The lowest BCUT2D eigenvalue weighted by Gasteiger charge is -2.18. The second-order valence-corrected chi connectivity index (χ2v) is 6.00. The lowest BCUT2D eigenvalue weighted by Crippen LogP contribution is -2.40. The molecule has 3 amide bonds. The van der Waals surface area contributed by atoms with Crippen LogP contribution in [0.25, 0.3) is 0 Å². The number of hydrogen-bond donors (Lipinski definition) is 3. The number of amides is 3. The van der Waals surface area contributed by atoms with Gasteiger partial charge in [-0.15, -0.1) is 0 Å². The Kier molecular flexibility index (Phi) is 5.42. The van der Waals surface area contributed by atoms with Crippen molar-refractivity contribution in [3.05, 3.63) is 59.7 Å². The van der Waals surface area contributed by atoms with Crippen LogP contribution in [0.1, 0.15) is 24.1 Å². The van der Waals surface area contributed by atoms with Gasteiger partial charge in [-0.05, 0) is 42.8 Å². The van der Waals surface area contributed by atoms with Crippen LogP contribution in [0.3, 0.4) is 0 Å². The average Bonchev–Trinajstić information content (AvgIpc) is 3.12. The molecule has 8 nitrogen and oxygen atoms in total. The van der Waals surface area contributed by atoms with Crippen LogP contribution in [0, 0.1) is 11.3 Å². The molecule has 0 radical (unpaired) electrons. The van der Waals surface area contributed by atoms with Gasteiger partial charge in [-0.1, -0.05) is 18.2 Å². The van der Waals surface area contributed by atoms with Crippen molar-refractivity contribution < 1.29 is 14.3 Å². The Balaban J connectivity index is 1.58. The van der Waals surface area contributed by atoms with Gasteiger partial charge in [-0.25, -0.2) is 9.59 Å². The standard InChI is InChI=1S/C19H19N5O3/c1-13(15-5-3-7-17(11-15)24-8-9-27-19(24)26)21-18(25)23-22-16-6-2-4-14(10-16)12-20/h2-7,10-11,13,22H,8-9H2,1H3,(H2,21,23,25). The van der Waals surface area contributed by atoms with Gasteiger partial charge in [-0.3, -0.25) is 15.8 Å². The number of nitriles is 1. The summed E-state index contributed by atoms with van der Waals surface area (Å²) in [5, 5.41) is 11.7. The van der Waals surface area contributed by atoms with E-state index in [1.54, 1.807) is 29.2 Å². The molecule has 1 atom stereocenters. The Hall–Kier alpha value is -3.73. The SMILES string of the molecule is CC(NC(=O)NNc1cccc(C#N)c1)c1cccc(N2CCOC2=O)c1. The molecule has 3 N–H and O–H groups in total. The maximum absolute atomic E-state index is 12.1. The van der Waals surface area contributed by atoms with E-state index in [2.05, 4.69) is 16.2 Å². The van der Waals surface area contributed by atoms with E-state index in [1.165, 1.54) is 0 Å². The molecule has 1 fully saturated rings. The summed E-state index contributed by atoms with van der Waals surface area (Å²) in [6, 6.07) is 15.5. The van der Waals surface area contributed by atoms with Crippen molar-refractivity contribution >= 4 is 23.5 Å². The molecule has 0 bridgehead atoms. The van der Waals surface area contributed by atoms with Crippen LogP contribution in [-0.4, -0.2) is 25.3 Å². The first kappa shape index (κ1) is 18.1. The maximum Gasteiger partial charge on any atom is 0.414 e. The van der Waals surface area contributed by atoms with Gasteiger partial charge in [0.15, 0.2) is 0 Å². The Morgan fingerprint density at radius 3 is 2.81 bits per heavy atom. The molecular formula is C19H19N5O3. The predicted molar refractivity (Wildman–Crippen MR) is 100.0 cm³/mol. The number of carbonyl (C=O) groups is 2. The van der Waals surface area contributed by atoms with E-state index in [4.69, 9.17) is 10.00 Å². The molecule has 0 aliphatic carbocycles. The average molecular weight is 365 g/mol. The van der Waals surface area contributed by atoms with Gasteiger partial charge in [0.05, 0.1) is 29.9 Å². The molecule has 27 heavy (non-hydrogen) atoms. The minimum atomic E-state index is -0.421. The van der Waals surface area contributed by atoms with Crippen molar-refractivity contribution in [2.45, 2.75) is 13.0 Å². The molecule has 3 rings (SSSR count). The minimum Gasteiger partial charge on any atom is -0.447 e. The fourth-order valence-corrected chi connectivity index (χ4v) is 2.70. The van der Waals surface area contributed by atoms with Gasteiger partial charge in [0.1, 0.15) is 6.61 Å². The zero-order chi connectivity index (χ0) is 19.2. The summed E-state index contributed by atoms with van der Waals surface area (Å²) in [6.45, 7) is 2.73.